The van der Waals surface area contributed by atoms with Gasteiger partial charge >= 0.3 is 0 Å². The fourth-order valence-corrected chi connectivity index (χ4v) is 1.53. The molecule has 2 rings (SSSR count). The van der Waals surface area contributed by atoms with E-state index in [-0.39, 0.29) is 0 Å². The molecule has 0 atom stereocenters. The Bertz CT molecular complexity index is 434. The summed E-state index contributed by atoms with van der Waals surface area (Å²) in [6.07, 6.45) is 0. The molecule has 0 aliphatic carbocycles. The van der Waals surface area contributed by atoms with Crippen molar-refractivity contribution in [3.63, 3.8) is 0 Å². The first-order chi connectivity index (χ1) is 8.38. The molecule has 0 radical (unpaired) electrons. The third kappa shape index (κ3) is 3.52. The minimum Gasteiger partial charge on any atom is -0.494 e. The summed E-state index contributed by atoms with van der Waals surface area (Å²) in [4.78, 5) is 0. The van der Waals surface area contributed by atoms with Crippen LogP contribution < -0.4 is 9.47 Å². The van der Waals surface area contributed by atoms with Crippen molar-refractivity contribution in [1.29, 1.82) is 0 Å². The lowest BCUT2D eigenvalue weighted by Crippen LogP contribution is -1.96. The molecule has 2 aromatic carbocycles. The number of ether oxygens (including phenoxy) is 2. The predicted octanol–water partition coefficient (Wildman–Crippen LogP) is 3.66. The van der Waals surface area contributed by atoms with Gasteiger partial charge in [0.1, 0.15) is 18.1 Å². The van der Waals surface area contributed by atoms with Gasteiger partial charge in [-0.2, -0.15) is 0 Å². The van der Waals surface area contributed by atoms with Crippen LogP contribution in [0.2, 0.25) is 0 Å². The van der Waals surface area contributed by atoms with Crippen LogP contribution in [0.3, 0.4) is 0 Å². The minimum atomic E-state index is 0.580. The van der Waals surface area contributed by atoms with Gasteiger partial charge in [-0.25, -0.2) is 0 Å². The van der Waals surface area contributed by atoms with Gasteiger partial charge in [-0.3, -0.25) is 0 Å². The zero-order valence-corrected chi connectivity index (χ0v) is 9.93. The fraction of sp³-hybridized carbons (Fsp3) is 0.200. The van der Waals surface area contributed by atoms with E-state index < -0.39 is 0 Å². The van der Waals surface area contributed by atoms with Gasteiger partial charge < -0.3 is 9.47 Å². The number of hydrogen-bond acceptors (Lipinski definition) is 2. The average molecular weight is 228 g/mol. The van der Waals surface area contributed by atoms with Crippen molar-refractivity contribution in [2.75, 3.05) is 6.61 Å². The Hall–Kier alpha value is -1.96. The molecule has 17 heavy (non-hydrogen) atoms. The van der Waals surface area contributed by atoms with E-state index in [1.165, 1.54) is 0 Å². The van der Waals surface area contributed by atoms with Crippen LogP contribution >= 0.6 is 0 Å². The summed E-state index contributed by atoms with van der Waals surface area (Å²) in [6.45, 7) is 3.25. The van der Waals surface area contributed by atoms with Crippen molar-refractivity contribution in [3.8, 4) is 11.5 Å². The van der Waals surface area contributed by atoms with E-state index in [0.717, 1.165) is 17.1 Å². The monoisotopic (exact) mass is 228 g/mol. The Morgan fingerprint density at radius 2 is 1.41 bits per heavy atom. The molecule has 0 aromatic heterocycles. The van der Waals surface area contributed by atoms with Crippen molar-refractivity contribution < 1.29 is 9.47 Å². The molecule has 0 fully saturated rings. The van der Waals surface area contributed by atoms with Crippen LogP contribution in [-0.2, 0) is 6.61 Å². The van der Waals surface area contributed by atoms with Crippen LogP contribution in [0.5, 0.6) is 11.5 Å². The first-order valence-corrected chi connectivity index (χ1v) is 5.78. The Morgan fingerprint density at radius 1 is 0.765 bits per heavy atom. The van der Waals surface area contributed by atoms with E-state index in [0.29, 0.717) is 13.2 Å². The van der Waals surface area contributed by atoms with Crippen molar-refractivity contribution in [1.82, 2.24) is 0 Å². The van der Waals surface area contributed by atoms with Crippen LogP contribution in [0.25, 0.3) is 0 Å². The zero-order valence-electron chi connectivity index (χ0n) is 9.93. The molecule has 2 heteroatoms. The van der Waals surface area contributed by atoms with Crippen LogP contribution in [0.15, 0.2) is 54.6 Å². The maximum Gasteiger partial charge on any atom is 0.119 e. The number of rotatable bonds is 5. The van der Waals surface area contributed by atoms with E-state index in [4.69, 9.17) is 9.47 Å². The summed E-state index contributed by atoms with van der Waals surface area (Å²) >= 11 is 0. The van der Waals surface area contributed by atoms with Crippen LogP contribution in [0, 0.1) is 0 Å². The zero-order chi connectivity index (χ0) is 11.9. The molecule has 0 N–H and O–H groups in total. The molecule has 0 aliphatic heterocycles. The lowest BCUT2D eigenvalue weighted by Gasteiger charge is -2.07. The van der Waals surface area contributed by atoms with Crippen LogP contribution in [0.4, 0.5) is 0 Å². The van der Waals surface area contributed by atoms with E-state index in [1.54, 1.807) is 0 Å². The Morgan fingerprint density at radius 3 is 2.06 bits per heavy atom. The molecule has 0 saturated heterocycles. The number of para-hydroxylation sites is 1. The van der Waals surface area contributed by atoms with Crippen molar-refractivity contribution in [3.05, 3.63) is 60.2 Å². The molecular formula is C15H16O2. The lowest BCUT2D eigenvalue weighted by atomic mass is 10.2. The average Bonchev–Trinajstić information content (AvgIpc) is 2.40. The second-order valence-electron chi connectivity index (χ2n) is 3.68. The lowest BCUT2D eigenvalue weighted by molar-refractivity contribution is 0.305. The Labute approximate surface area is 102 Å². The highest BCUT2D eigenvalue weighted by molar-refractivity contribution is 5.28. The van der Waals surface area contributed by atoms with Gasteiger partial charge in [0.05, 0.1) is 6.61 Å². The second kappa shape index (κ2) is 5.94. The molecule has 0 amide bonds. The molecule has 0 saturated carbocycles. The first kappa shape index (κ1) is 11.5. The second-order valence-corrected chi connectivity index (χ2v) is 3.68. The van der Waals surface area contributed by atoms with Crippen LogP contribution in [-0.4, -0.2) is 6.61 Å². The van der Waals surface area contributed by atoms with Gasteiger partial charge in [-0.15, -0.1) is 0 Å². The summed E-state index contributed by atoms with van der Waals surface area (Å²) in [5, 5.41) is 0. The number of benzene rings is 2. The predicted molar refractivity (Wildman–Crippen MR) is 68.4 cm³/mol. The Kier molecular flexibility index (Phi) is 4.03. The molecule has 0 bridgehead atoms. The third-order valence-corrected chi connectivity index (χ3v) is 2.38. The van der Waals surface area contributed by atoms with E-state index >= 15 is 0 Å². The molecule has 0 unspecified atom stereocenters. The van der Waals surface area contributed by atoms with Gasteiger partial charge in [-0.05, 0) is 36.8 Å². The topological polar surface area (TPSA) is 18.5 Å². The van der Waals surface area contributed by atoms with Gasteiger partial charge in [0.25, 0.3) is 0 Å². The molecule has 88 valence electrons. The third-order valence-electron chi connectivity index (χ3n) is 2.38. The molecule has 0 heterocycles. The first-order valence-electron chi connectivity index (χ1n) is 5.78. The van der Waals surface area contributed by atoms with Crippen molar-refractivity contribution in [2.45, 2.75) is 13.5 Å². The highest BCUT2D eigenvalue weighted by atomic mass is 16.5. The van der Waals surface area contributed by atoms with E-state index in [9.17, 15) is 0 Å². The minimum absolute atomic E-state index is 0.580. The normalized spacial score (nSPS) is 9.94. The van der Waals surface area contributed by atoms with Crippen molar-refractivity contribution >= 4 is 0 Å². The van der Waals surface area contributed by atoms with E-state index in [1.807, 2.05) is 61.5 Å². The molecular weight excluding hydrogens is 212 g/mol. The largest absolute Gasteiger partial charge is 0.494 e. The molecule has 2 nitrogen and oxygen atoms in total. The highest BCUT2D eigenvalue weighted by Gasteiger charge is 1.96. The van der Waals surface area contributed by atoms with Gasteiger partial charge in [0, 0.05) is 0 Å². The van der Waals surface area contributed by atoms with E-state index in [2.05, 4.69) is 0 Å². The summed E-state index contributed by atoms with van der Waals surface area (Å²) in [5.74, 6) is 1.79. The van der Waals surface area contributed by atoms with Crippen LogP contribution in [0.1, 0.15) is 12.5 Å². The van der Waals surface area contributed by atoms with Gasteiger partial charge in [-0.1, -0.05) is 30.3 Å². The summed E-state index contributed by atoms with van der Waals surface area (Å²) < 4.78 is 11.0. The molecule has 0 aliphatic rings. The summed E-state index contributed by atoms with van der Waals surface area (Å²) in [6, 6.07) is 17.8. The summed E-state index contributed by atoms with van der Waals surface area (Å²) in [7, 11) is 0. The smallest absolute Gasteiger partial charge is 0.119 e. The quantitative estimate of drug-likeness (QED) is 0.777. The maximum atomic E-state index is 5.65. The standard InChI is InChI=1S/C15H16O2/c1-2-16-15-10-8-13(9-11-15)12-17-14-6-4-3-5-7-14/h3-11H,2,12H2,1H3. The number of hydrogen-bond donors (Lipinski definition) is 0. The Balaban J connectivity index is 1.91. The fourth-order valence-electron chi connectivity index (χ4n) is 1.53. The maximum absolute atomic E-state index is 5.65. The molecule has 2 aromatic rings. The SMILES string of the molecule is CCOc1ccc(COc2ccccc2)cc1. The highest BCUT2D eigenvalue weighted by Crippen LogP contribution is 2.15. The van der Waals surface area contributed by atoms with Gasteiger partial charge in [0.2, 0.25) is 0 Å². The van der Waals surface area contributed by atoms with Gasteiger partial charge in [0.15, 0.2) is 0 Å². The van der Waals surface area contributed by atoms with Crippen molar-refractivity contribution in [2.24, 2.45) is 0 Å². The molecule has 0 spiro atoms. The summed E-state index contributed by atoms with van der Waals surface area (Å²) in [5.41, 5.74) is 1.14.